The Bertz CT molecular complexity index is 852. The second kappa shape index (κ2) is 6.12. The van der Waals surface area contributed by atoms with Crippen LogP contribution >= 0.6 is 0 Å². The highest BCUT2D eigenvalue weighted by Crippen LogP contribution is 2.23. The van der Waals surface area contributed by atoms with Crippen LogP contribution in [0.2, 0.25) is 0 Å². The van der Waals surface area contributed by atoms with Gasteiger partial charge in [-0.15, -0.1) is 0 Å². The van der Waals surface area contributed by atoms with Gasteiger partial charge in [0.1, 0.15) is 6.61 Å². The predicted octanol–water partition coefficient (Wildman–Crippen LogP) is 3.73. The minimum Gasteiger partial charge on any atom is -0.485 e. The van der Waals surface area contributed by atoms with Crippen LogP contribution in [0.3, 0.4) is 0 Å². The Hall–Kier alpha value is -2.82. The molecule has 0 bridgehead atoms. The first kappa shape index (κ1) is 15.1. The number of rotatable bonds is 5. The first-order valence-corrected chi connectivity index (χ1v) is 7.47. The summed E-state index contributed by atoms with van der Waals surface area (Å²) in [5, 5.41) is 9.04. The number of carbonyl (C=O) groups is 1. The third-order valence-electron chi connectivity index (χ3n) is 3.63. The summed E-state index contributed by atoms with van der Waals surface area (Å²) in [6, 6.07) is 10.5. The number of hydrogen-bond donors (Lipinski definition) is 1. The Balaban J connectivity index is 1.84. The number of hydrogen-bond acceptors (Lipinski definition) is 3. The molecule has 0 saturated carbocycles. The van der Waals surface area contributed by atoms with Crippen LogP contribution in [0.1, 0.15) is 41.4 Å². The number of carboxylic acid groups (broad SMARTS) is 1. The molecule has 0 saturated heterocycles. The zero-order valence-electron chi connectivity index (χ0n) is 13.1. The van der Waals surface area contributed by atoms with Gasteiger partial charge >= 0.3 is 5.97 Å². The monoisotopic (exact) mass is 310 g/mol. The first-order valence-electron chi connectivity index (χ1n) is 7.47. The number of carboxylic acids is 1. The lowest BCUT2D eigenvalue weighted by atomic mass is 10.1. The molecule has 3 rings (SSSR count). The molecule has 5 nitrogen and oxygen atoms in total. The summed E-state index contributed by atoms with van der Waals surface area (Å²) in [6.45, 7) is 4.49. The number of aromatic nitrogens is 2. The molecule has 0 aliphatic carbocycles. The van der Waals surface area contributed by atoms with Gasteiger partial charge in [-0.25, -0.2) is 9.78 Å². The number of fused-ring (bicyclic) bond motifs is 1. The van der Waals surface area contributed by atoms with Crippen molar-refractivity contribution in [2.75, 3.05) is 0 Å². The zero-order chi connectivity index (χ0) is 16.4. The summed E-state index contributed by atoms with van der Waals surface area (Å²) >= 11 is 0. The molecule has 0 unspecified atom stereocenters. The van der Waals surface area contributed by atoms with Crippen LogP contribution in [-0.2, 0) is 6.61 Å². The van der Waals surface area contributed by atoms with Gasteiger partial charge in [-0.3, -0.25) is 0 Å². The number of pyridine rings is 1. The van der Waals surface area contributed by atoms with Crippen LogP contribution in [0.15, 0.2) is 48.8 Å². The van der Waals surface area contributed by atoms with E-state index in [0.29, 0.717) is 18.3 Å². The number of aromatic carboxylic acids is 1. The molecular weight excluding hydrogens is 292 g/mol. The minimum atomic E-state index is -0.941. The van der Waals surface area contributed by atoms with E-state index >= 15 is 0 Å². The summed E-state index contributed by atoms with van der Waals surface area (Å²) < 4.78 is 7.80. The fraction of sp³-hybridized carbons (Fsp3) is 0.222. The zero-order valence-corrected chi connectivity index (χ0v) is 13.1. The molecule has 0 amide bonds. The highest BCUT2D eigenvalue weighted by Gasteiger charge is 2.10. The Kier molecular flexibility index (Phi) is 4.02. The summed E-state index contributed by atoms with van der Waals surface area (Å²) in [7, 11) is 0. The molecule has 0 fully saturated rings. The molecule has 2 aromatic heterocycles. The Labute approximate surface area is 134 Å². The van der Waals surface area contributed by atoms with Crippen LogP contribution < -0.4 is 4.74 Å². The van der Waals surface area contributed by atoms with Crippen LogP contribution in [0.5, 0.6) is 5.75 Å². The van der Waals surface area contributed by atoms with Crippen molar-refractivity contribution in [3.63, 3.8) is 0 Å². The summed E-state index contributed by atoms with van der Waals surface area (Å²) in [5.41, 5.74) is 2.84. The molecule has 23 heavy (non-hydrogen) atoms. The maximum atomic E-state index is 11.0. The molecule has 0 radical (unpaired) electrons. The van der Waals surface area contributed by atoms with Crippen LogP contribution in [0.25, 0.3) is 5.65 Å². The van der Waals surface area contributed by atoms with Crippen molar-refractivity contribution < 1.29 is 14.6 Å². The van der Waals surface area contributed by atoms with Gasteiger partial charge in [0, 0.05) is 12.4 Å². The second-order valence-corrected chi connectivity index (χ2v) is 5.72. The summed E-state index contributed by atoms with van der Waals surface area (Å²) in [4.78, 5) is 15.6. The van der Waals surface area contributed by atoms with Crippen LogP contribution in [0, 0.1) is 0 Å². The third-order valence-corrected chi connectivity index (χ3v) is 3.63. The molecule has 2 heterocycles. The Morgan fingerprint density at radius 3 is 2.87 bits per heavy atom. The van der Waals surface area contributed by atoms with Gasteiger partial charge in [-0.2, -0.15) is 0 Å². The van der Waals surface area contributed by atoms with E-state index in [1.165, 1.54) is 0 Å². The van der Waals surface area contributed by atoms with Crippen molar-refractivity contribution in [3.8, 4) is 5.75 Å². The van der Waals surface area contributed by atoms with Crippen molar-refractivity contribution >= 4 is 11.6 Å². The van der Waals surface area contributed by atoms with E-state index in [1.54, 1.807) is 18.2 Å². The number of benzene rings is 1. The largest absolute Gasteiger partial charge is 0.485 e. The molecule has 5 heteroatoms. The molecule has 0 aliphatic heterocycles. The Morgan fingerprint density at radius 1 is 1.30 bits per heavy atom. The van der Waals surface area contributed by atoms with Gasteiger partial charge in [-0.05, 0) is 35.7 Å². The highest BCUT2D eigenvalue weighted by atomic mass is 16.5. The normalized spacial score (nSPS) is 11.1. The van der Waals surface area contributed by atoms with E-state index in [2.05, 4.69) is 18.8 Å². The van der Waals surface area contributed by atoms with Crippen molar-refractivity contribution in [1.82, 2.24) is 9.38 Å². The lowest BCUT2D eigenvalue weighted by Crippen LogP contribution is -2.01. The highest BCUT2D eigenvalue weighted by molar-refractivity contribution is 5.87. The van der Waals surface area contributed by atoms with Crippen molar-refractivity contribution in [3.05, 3.63) is 65.6 Å². The first-order chi connectivity index (χ1) is 11.0. The van der Waals surface area contributed by atoms with E-state index < -0.39 is 5.97 Å². The molecule has 0 spiro atoms. The van der Waals surface area contributed by atoms with E-state index in [1.807, 2.05) is 35.0 Å². The van der Waals surface area contributed by atoms with E-state index in [9.17, 15) is 4.79 Å². The average molecular weight is 310 g/mol. The molecule has 0 aliphatic rings. The molecule has 118 valence electrons. The summed E-state index contributed by atoms with van der Waals surface area (Å²) in [6.07, 6.45) is 3.93. The molecular formula is C18H18N2O3. The maximum absolute atomic E-state index is 11.0. The average Bonchev–Trinajstić information content (AvgIpc) is 2.98. The lowest BCUT2D eigenvalue weighted by Gasteiger charge is -2.08. The minimum absolute atomic E-state index is 0.257. The van der Waals surface area contributed by atoms with Crippen LogP contribution in [0.4, 0.5) is 0 Å². The van der Waals surface area contributed by atoms with Crippen molar-refractivity contribution in [2.45, 2.75) is 26.4 Å². The van der Waals surface area contributed by atoms with Gasteiger partial charge < -0.3 is 14.2 Å². The van der Waals surface area contributed by atoms with Crippen molar-refractivity contribution in [1.29, 1.82) is 0 Å². The predicted molar refractivity (Wildman–Crippen MR) is 87.0 cm³/mol. The molecule has 3 aromatic rings. The van der Waals surface area contributed by atoms with E-state index in [4.69, 9.17) is 9.84 Å². The molecule has 0 atom stereocenters. The second-order valence-electron chi connectivity index (χ2n) is 5.72. The fourth-order valence-corrected chi connectivity index (χ4v) is 2.35. The smallest absolute Gasteiger partial charge is 0.335 e. The SMILES string of the molecule is CC(C)c1cn2cccc(OCc3cccc(C(=O)O)c3)c2n1. The van der Waals surface area contributed by atoms with Crippen LogP contribution in [-0.4, -0.2) is 20.5 Å². The van der Waals surface area contributed by atoms with Gasteiger partial charge in [0.25, 0.3) is 0 Å². The van der Waals surface area contributed by atoms with Gasteiger partial charge in [-0.1, -0.05) is 26.0 Å². The number of nitrogens with zero attached hydrogens (tertiary/aromatic N) is 2. The Morgan fingerprint density at radius 2 is 2.13 bits per heavy atom. The maximum Gasteiger partial charge on any atom is 0.335 e. The number of ether oxygens (including phenoxy) is 1. The quantitative estimate of drug-likeness (QED) is 0.780. The fourth-order valence-electron chi connectivity index (χ4n) is 2.35. The summed E-state index contributed by atoms with van der Waals surface area (Å²) in [5.74, 6) is 0.0823. The van der Waals surface area contributed by atoms with E-state index in [0.717, 1.165) is 16.9 Å². The number of imidazole rings is 1. The molecule has 1 aromatic carbocycles. The van der Waals surface area contributed by atoms with E-state index in [-0.39, 0.29) is 5.56 Å². The van der Waals surface area contributed by atoms with Gasteiger partial charge in [0.05, 0.1) is 11.3 Å². The van der Waals surface area contributed by atoms with Crippen molar-refractivity contribution in [2.24, 2.45) is 0 Å². The topological polar surface area (TPSA) is 63.8 Å². The van der Waals surface area contributed by atoms with Gasteiger partial charge in [0.2, 0.25) is 0 Å². The molecule has 1 N–H and O–H groups in total. The standard InChI is InChI=1S/C18H18N2O3/c1-12(2)15-10-20-8-4-7-16(17(20)19-15)23-11-13-5-3-6-14(9-13)18(21)22/h3-10,12H,11H2,1-2H3,(H,21,22). The lowest BCUT2D eigenvalue weighted by molar-refractivity contribution is 0.0696. The van der Waals surface area contributed by atoms with Gasteiger partial charge in [0.15, 0.2) is 11.4 Å². The third kappa shape index (κ3) is 3.18.